The van der Waals surface area contributed by atoms with E-state index in [-0.39, 0.29) is 30.5 Å². The van der Waals surface area contributed by atoms with Crippen LogP contribution in [0, 0.1) is 0 Å². The molecule has 0 unspecified atom stereocenters. The third kappa shape index (κ3) is 4.70. The fraction of sp³-hybridized carbons (Fsp3) is 0.400. The number of rotatable bonds is 7. The van der Waals surface area contributed by atoms with Gasteiger partial charge in [0, 0.05) is 51.3 Å². The van der Waals surface area contributed by atoms with Crippen molar-refractivity contribution in [2.75, 3.05) is 45.7 Å². The molecule has 34 heavy (non-hydrogen) atoms. The van der Waals surface area contributed by atoms with Crippen LogP contribution in [-0.4, -0.2) is 71.1 Å². The number of carbonyl (C=O) groups is 2. The summed E-state index contributed by atoms with van der Waals surface area (Å²) in [5.41, 5.74) is 2.47. The van der Waals surface area contributed by atoms with Gasteiger partial charge in [-0.25, -0.2) is 4.79 Å². The number of piperazine rings is 1. The SMILES string of the molecule is CCn1c(=O)n(CCC(=O)Nc2cc(C(=O)N3CCN(C)CC3)ccc2OC)c2ccccc21. The van der Waals surface area contributed by atoms with E-state index in [1.807, 2.05) is 43.1 Å². The van der Waals surface area contributed by atoms with E-state index in [0.29, 0.717) is 36.6 Å². The molecule has 2 amide bonds. The first kappa shape index (κ1) is 23.6. The van der Waals surface area contributed by atoms with Gasteiger partial charge in [0.2, 0.25) is 5.91 Å². The first-order chi connectivity index (χ1) is 16.4. The van der Waals surface area contributed by atoms with Crippen molar-refractivity contribution in [2.45, 2.75) is 26.4 Å². The largest absolute Gasteiger partial charge is 0.495 e. The Labute approximate surface area is 198 Å². The van der Waals surface area contributed by atoms with Gasteiger partial charge in [-0.3, -0.25) is 18.7 Å². The van der Waals surface area contributed by atoms with Gasteiger partial charge in [-0.1, -0.05) is 12.1 Å². The number of hydrogen-bond acceptors (Lipinski definition) is 5. The Morgan fingerprint density at radius 2 is 1.68 bits per heavy atom. The summed E-state index contributed by atoms with van der Waals surface area (Å²) in [5, 5.41) is 2.86. The number of ether oxygens (including phenoxy) is 1. The molecule has 1 aromatic heterocycles. The highest BCUT2D eigenvalue weighted by Crippen LogP contribution is 2.26. The van der Waals surface area contributed by atoms with Crippen LogP contribution in [0.4, 0.5) is 5.69 Å². The Balaban J connectivity index is 1.48. The predicted molar refractivity (Wildman–Crippen MR) is 132 cm³/mol. The maximum atomic E-state index is 13.0. The number of aryl methyl sites for hydroxylation is 2. The molecule has 1 fully saturated rings. The van der Waals surface area contributed by atoms with E-state index in [1.54, 1.807) is 27.3 Å². The van der Waals surface area contributed by atoms with E-state index in [4.69, 9.17) is 4.74 Å². The predicted octanol–water partition coefficient (Wildman–Crippen LogP) is 2.25. The lowest BCUT2D eigenvalue weighted by molar-refractivity contribution is -0.116. The van der Waals surface area contributed by atoms with Crippen LogP contribution in [0.1, 0.15) is 23.7 Å². The van der Waals surface area contributed by atoms with Crippen LogP contribution in [0.5, 0.6) is 5.75 Å². The van der Waals surface area contributed by atoms with E-state index in [2.05, 4.69) is 10.2 Å². The zero-order valence-corrected chi connectivity index (χ0v) is 19.9. The van der Waals surface area contributed by atoms with Crippen LogP contribution in [0.25, 0.3) is 11.0 Å². The number of amides is 2. The molecule has 0 spiro atoms. The molecule has 0 radical (unpaired) electrons. The number of para-hydroxylation sites is 2. The number of anilines is 1. The molecule has 3 aromatic rings. The minimum atomic E-state index is -0.261. The van der Waals surface area contributed by atoms with Gasteiger partial charge in [-0.15, -0.1) is 0 Å². The highest BCUT2D eigenvalue weighted by molar-refractivity contribution is 5.98. The fourth-order valence-electron chi connectivity index (χ4n) is 4.35. The minimum Gasteiger partial charge on any atom is -0.495 e. The van der Waals surface area contributed by atoms with Crippen molar-refractivity contribution in [3.05, 3.63) is 58.5 Å². The normalized spacial score (nSPS) is 14.4. The third-order valence-corrected chi connectivity index (χ3v) is 6.31. The topological polar surface area (TPSA) is 88.8 Å². The number of benzene rings is 2. The standard InChI is InChI=1S/C25H31N5O4/c1-4-29-20-7-5-6-8-21(20)30(25(29)33)12-11-23(31)26-19-17-18(9-10-22(19)34-3)24(32)28-15-13-27(2)14-16-28/h5-10,17H,4,11-16H2,1-3H3,(H,26,31). The number of imidazole rings is 1. The highest BCUT2D eigenvalue weighted by atomic mass is 16.5. The average molecular weight is 466 g/mol. The minimum absolute atomic E-state index is 0.0646. The molecule has 1 saturated heterocycles. The number of aromatic nitrogens is 2. The van der Waals surface area contributed by atoms with Crippen LogP contribution < -0.4 is 15.7 Å². The van der Waals surface area contributed by atoms with Crippen molar-refractivity contribution in [2.24, 2.45) is 0 Å². The van der Waals surface area contributed by atoms with Crippen LogP contribution in [0.15, 0.2) is 47.3 Å². The van der Waals surface area contributed by atoms with Gasteiger partial charge in [0.1, 0.15) is 5.75 Å². The van der Waals surface area contributed by atoms with E-state index >= 15 is 0 Å². The number of methoxy groups -OCH3 is 1. The maximum Gasteiger partial charge on any atom is 0.329 e. The van der Waals surface area contributed by atoms with E-state index in [1.165, 1.54) is 7.11 Å². The lowest BCUT2D eigenvalue weighted by Gasteiger charge is -2.32. The lowest BCUT2D eigenvalue weighted by Crippen LogP contribution is -2.47. The molecule has 1 aliphatic heterocycles. The smallest absolute Gasteiger partial charge is 0.329 e. The Morgan fingerprint density at radius 1 is 1.00 bits per heavy atom. The molecule has 0 aliphatic carbocycles. The zero-order valence-electron chi connectivity index (χ0n) is 19.9. The first-order valence-electron chi connectivity index (χ1n) is 11.6. The van der Waals surface area contributed by atoms with Gasteiger partial charge >= 0.3 is 5.69 Å². The highest BCUT2D eigenvalue weighted by Gasteiger charge is 2.22. The molecular formula is C25H31N5O4. The fourth-order valence-corrected chi connectivity index (χ4v) is 4.35. The maximum absolute atomic E-state index is 13.0. The van der Waals surface area contributed by atoms with Crippen molar-refractivity contribution < 1.29 is 14.3 Å². The Hall–Kier alpha value is -3.59. The molecular weight excluding hydrogens is 434 g/mol. The molecule has 0 atom stereocenters. The molecule has 0 saturated carbocycles. The average Bonchev–Trinajstić information content (AvgIpc) is 3.13. The number of fused-ring (bicyclic) bond motifs is 1. The molecule has 0 bridgehead atoms. The summed E-state index contributed by atoms with van der Waals surface area (Å²) in [6.45, 7) is 5.74. The third-order valence-electron chi connectivity index (χ3n) is 6.31. The monoisotopic (exact) mass is 465 g/mol. The molecule has 180 valence electrons. The van der Waals surface area contributed by atoms with Gasteiger partial charge in [0.25, 0.3) is 5.91 Å². The van der Waals surface area contributed by atoms with Crippen LogP contribution in [0.3, 0.4) is 0 Å². The summed E-state index contributed by atoms with van der Waals surface area (Å²) in [4.78, 5) is 42.6. The number of nitrogens with one attached hydrogen (secondary N) is 1. The van der Waals surface area contributed by atoms with Gasteiger partial charge < -0.3 is 19.9 Å². The summed E-state index contributed by atoms with van der Waals surface area (Å²) in [7, 11) is 3.56. The second-order valence-corrected chi connectivity index (χ2v) is 8.48. The van der Waals surface area contributed by atoms with Crippen molar-refractivity contribution in [3.8, 4) is 5.75 Å². The number of likely N-dealkylation sites (N-methyl/N-ethyl adjacent to an activating group) is 1. The van der Waals surface area contributed by atoms with E-state index in [9.17, 15) is 14.4 Å². The van der Waals surface area contributed by atoms with Gasteiger partial charge in [-0.2, -0.15) is 0 Å². The van der Waals surface area contributed by atoms with Crippen LogP contribution in [-0.2, 0) is 17.9 Å². The molecule has 1 aliphatic rings. The number of carbonyl (C=O) groups excluding carboxylic acids is 2. The Bertz CT molecular complexity index is 1250. The van der Waals surface area contributed by atoms with Crippen molar-refractivity contribution >= 4 is 28.5 Å². The van der Waals surface area contributed by atoms with E-state index in [0.717, 1.165) is 24.1 Å². The summed E-state index contributed by atoms with van der Waals surface area (Å²) in [5.74, 6) is 0.149. The second kappa shape index (κ2) is 10.1. The van der Waals surface area contributed by atoms with Gasteiger partial charge in [-0.05, 0) is 44.3 Å². The Morgan fingerprint density at radius 3 is 2.32 bits per heavy atom. The summed E-state index contributed by atoms with van der Waals surface area (Å²) in [6, 6.07) is 12.6. The molecule has 2 heterocycles. The van der Waals surface area contributed by atoms with Gasteiger partial charge in [0.15, 0.2) is 0 Å². The lowest BCUT2D eigenvalue weighted by atomic mass is 10.1. The molecule has 9 nitrogen and oxygen atoms in total. The second-order valence-electron chi connectivity index (χ2n) is 8.48. The first-order valence-corrected chi connectivity index (χ1v) is 11.6. The number of hydrogen-bond donors (Lipinski definition) is 1. The van der Waals surface area contributed by atoms with Crippen molar-refractivity contribution in [1.29, 1.82) is 0 Å². The molecule has 4 rings (SSSR count). The quantitative estimate of drug-likeness (QED) is 0.578. The molecule has 1 N–H and O–H groups in total. The van der Waals surface area contributed by atoms with Crippen molar-refractivity contribution in [3.63, 3.8) is 0 Å². The Kier molecular flexibility index (Phi) is 7.02. The van der Waals surface area contributed by atoms with Crippen molar-refractivity contribution in [1.82, 2.24) is 18.9 Å². The summed E-state index contributed by atoms with van der Waals surface area (Å²) in [6.07, 6.45) is 0.109. The van der Waals surface area contributed by atoms with Gasteiger partial charge in [0.05, 0.1) is 23.8 Å². The summed E-state index contributed by atoms with van der Waals surface area (Å²) >= 11 is 0. The molecule has 9 heteroatoms. The summed E-state index contributed by atoms with van der Waals surface area (Å²) < 4.78 is 8.72. The van der Waals surface area contributed by atoms with Crippen LogP contribution in [0.2, 0.25) is 0 Å². The van der Waals surface area contributed by atoms with E-state index < -0.39 is 0 Å². The zero-order chi connectivity index (χ0) is 24.2. The van der Waals surface area contributed by atoms with Crippen LogP contribution >= 0.6 is 0 Å². The molecule has 2 aromatic carbocycles. The number of nitrogens with zero attached hydrogens (tertiary/aromatic N) is 4.